The van der Waals surface area contributed by atoms with E-state index in [1.165, 1.54) is 11.8 Å². The van der Waals surface area contributed by atoms with Gasteiger partial charge in [0.05, 0.1) is 12.0 Å². The SMILES string of the molecule is NC(=O)C1SCc2[nH]cnc21. The topological polar surface area (TPSA) is 71.8 Å². The maximum atomic E-state index is 10.8. The molecule has 1 atom stereocenters. The third-order valence-corrected chi connectivity index (χ3v) is 2.90. The van der Waals surface area contributed by atoms with Crippen LogP contribution in [0.4, 0.5) is 0 Å². The minimum absolute atomic E-state index is 0.240. The summed E-state index contributed by atoms with van der Waals surface area (Å²) in [7, 11) is 0. The molecule has 1 unspecified atom stereocenters. The van der Waals surface area contributed by atoms with Crippen LogP contribution >= 0.6 is 11.8 Å². The van der Waals surface area contributed by atoms with Crippen molar-refractivity contribution < 1.29 is 4.79 Å². The summed E-state index contributed by atoms with van der Waals surface area (Å²) >= 11 is 1.52. The summed E-state index contributed by atoms with van der Waals surface area (Å²) < 4.78 is 0. The number of aromatic amines is 1. The number of imidazole rings is 1. The fourth-order valence-electron chi connectivity index (χ4n) is 1.14. The molecule has 0 bridgehead atoms. The molecule has 4 nitrogen and oxygen atoms in total. The number of fused-ring (bicyclic) bond motifs is 1. The Kier molecular flexibility index (Phi) is 1.38. The Morgan fingerprint density at radius 1 is 1.91 bits per heavy atom. The van der Waals surface area contributed by atoms with Crippen molar-refractivity contribution in [1.82, 2.24) is 9.97 Å². The molecule has 1 aromatic heterocycles. The van der Waals surface area contributed by atoms with E-state index in [1.807, 2.05) is 0 Å². The van der Waals surface area contributed by atoms with Crippen molar-refractivity contribution in [2.24, 2.45) is 5.73 Å². The second-order valence-corrected chi connectivity index (χ2v) is 3.45. The van der Waals surface area contributed by atoms with Crippen molar-refractivity contribution in [2.45, 2.75) is 11.0 Å². The van der Waals surface area contributed by atoms with E-state index in [4.69, 9.17) is 5.73 Å². The van der Waals surface area contributed by atoms with E-state index in [2.05, 4.69) is 9.97 Å². The summed E-state index contributed by atoms with van der Waals surface area (Å²) in [6.45, 7) is 0. The van der Waals surface area contributed by atoms with E-state index in [9.17, 15) is 4.79 Å². The van der Waals surface area contributed by atoms with Gasteiger partial charge in [-0.25, -0.2) is 4.98 Å². The zero-order valence-electron chi connectivity index (χ0n) is 5.70. The molecule has 2 rings (SSSR count). The van der Waals surface area contributed by atoms with E-state index in [0.29, 0.717) is 0 Å². The number of primary amides is 1. The Morgan fingerprint density at radius 2 is 2.73 bits per heavy atom. The third-order valence-electron chi connectivity index (χ3n) is 1.65. The lowest BCUT2D eigenvalue weighted by atomic mass is 10.2. The Bertz CT molecular complexity index is 296. The molecule has 5 heteroatoms. The van der Waals surface area contributed by atoms with Gasteiger partial charge in [0, 0.05) is 11.4 Å². The van der Waals surface area contributed by atoms with Crippen LogP contribution < -0.4 is 5.73 Å². The van der Waals surface area contributed by atoms with Crippen LogP contribution in [0.15, 0.2) is 6.33 Å². The molecule has 3 N–H and O–H groups in total. The van der Waals surface area contributed by atoms with Crippen LogP contribution in [-0.4, -0.2) is 15.9 Å². The zero-order valence-corrected chi connectivity index (χ0v) is 6.52. The number of rotatable bonds is 1. The number of carbonyl (C=O) groups excluding carboxylic acids is 1. The van der Waals surface area contributed by atoms with Crippen LogP contribution in [0, 0.1) is 0 Å². The molecule has 0 saturated heterocycles. The number of carbonyl (C=O) groups is 1. The highest BCUT2D eigenvalue weighted by Crippen LogP contribution is 2.38. The highest BCUT2D eigenvalue weighted by molar-refractivity contribution is 7.99. The molecular weight excluding hydrogens is 162 g/mol. The van der Waals surface area contributed by atoms with Crippen molar-refractivity contribution in [1.29, 1.82) is 0 Å². The van der Waals surface area contributed by atoms with Crippen LogP contribution in [0.3, 0.4) is 0 Å². The first-order chi connectivity index (χ1) is 5.29. The summed E-state index contributed by atoms with van der Waals surface area (Å²) in [4.78, 5) is 17.8. The summed E-state index contributed by atoms with van der Waals surface area (Å²) in [5.74, 6) is 0.504. The van der Waals surface area contributed by atoms with Crippen LogP contribution in [0.5, 0.6) is 0 Å². The molecular formula is C6H7N3OS. The first kappa shape index (κ1) is 6.72. The molecule has 0 fully saturated rings. The van der Waals surface area contributed by atoms with Crippen LogP contribution in [0.1, 0.15) is 16.6 Å². The number of nitrogens with one attached hydrogen (secondary N) is 1. The Balaban J connectivity index is 2.38. The van der Waals surface area contributed by atoms with Gasteiger partial charge in [-0.1, -0.05) is 0 Å². The van der Waals surface area contributed by atoms with E-state index in [0.717, 1.165) is 17.1 Å². The highest BCUT2D eigenvalue weighted by Gasteiger charge is 2.29. The number of thioether (sulfide) groups is 1. The van der Waals surface area contributed by atoms with Crippen LogP contribution in [0.25, 0.3) is 0 Å². The van der Waals surface area contributed by atoms with Gasteiger partial charge in [0.2, 0.25) is 5.91 Å². The molecule has 1 amide bonds. The molecule has 2 heterocycles. The maximum Gasteiger partial charge on any atom is 0.236 e. The van der Waals surface area contributed by atoms with Gasteiger partial charge in [0.1, 0.15) is 5.25 Å². The van der Waals surface area contributed by atoms with Gasteiger partial charge in [-0.2, -0.15) is 0 Å². The minimum Gasteiger partial charge on any atom is -0.368 e. The Labute approximate surface area is 67.6 Å². The summed E-state index contributed by atoms with van der Waals surface area (Å²) in [5, 5.41) is -0.240. The number of hydrogen-bond donors (Lipinski definition) is 2. The zero-order chi connectivity index (χ0) is 7.84. The quantitative estimate of drug-likeness (QED) is 0.630. The second kappa shape index (κ2) is 2.27. The first-order valence-corrected chi connectivity index (χ1v) is 4.27. The molecule has 0 saturated carbocycles. The first-order valence-electron chi connectivity index (χ1n) is 3.22. The number of aromatic nitrogens is 2. The van der Waals surface area contributed by atoms with E-state index < -0.39 is 0 Å². The largest absolute Gasteiger partial charge is 0.368 e. The predicted molar refractivity (Wildman–Crippen MR) is 41.8 cm³/mol. The summed E-state index contributed by atoms with van der Waals surface area (Å²) in [5.41, 5.74) is 6.99. The second-order valence-electron chi connectivity index (χ2n) is 2.36. The van der Waals surface area contributed by atoms with Crippen molar-refractivity contribution in [3.63, 3.8) is 0 Å². The van der Waals surface area contributed by atoms with Crippen molar-refractivity contribution >= 4 is 17.7 Å². The van der Waals surface area contributed by atoms with Gasteiger partial charge in [-0.3, -0.25) is 4.79 Å². The number of amides is 1. The maximum absolute atomic E-state index is 10.8. The molecule has 58 valence electrons. The van der Waals surface area contributed by atoms with Gasteiger partial charge in [0.15, 0.2) is 0 Å². The Morgan fingerprint density at radius 3 is 3.45 bits per heavy atom. The minimum atomic E-state index is -0.305. The normalized spacial score (nSPS) is 21.6. The van der Waals surface area contributed by atoms with Crippen LogP contribution in [0.2, 0.25) is 0 Å². The summed E-state index contributed by atoms with van der Waals surface area (Å²) in [6, 6.07) is 0. The average molecular weight is 169 g/mol. The van der Waals surface area contributed by atoms with E-state index >= 15 is 0 Å². The van der Waals surface area contributed by atoms with Crippen LogP contribution in [-0.2, 0) is 10.5 Å². The predicted octanol–water partition coefficient (Wildman–Crippen LogP) is 0.183. The molecule has 1 aliphatic heterocycles. The van der Waals surface area contributed by atoms with E-state index in [-0.39, 0.29) is 11.2 Å². The average Bonchev–Trinajstić information content (AvgIpc) is 2.41. The Hall–Kier alpha value is -0.970. The molecule has 0 aliphatic carbocycles. The monoisotopic (exact) mass is 169 g/mol. The summed E-state index contributed by atoms with van der Waals surface area (Å²) in [6.07, 6.45) is 1.60. The van der Waals surface area contributed by atoms with Gasteiger partial charge in [-0.15, -0.1) is 11.8 Å². The standard InChI is InChI=1S/C6H7N3OS/c7-6(10)5-4-3(1-11-5)8-2-9-4/h2,5H,1H2,(H2,7,10)(H,8,9). The van der Waals surface area contributed by atoms with Gasteiger partial charge >= 0.3 is 0 Å². The lowest BCUT2D eigenvalue weighted by Gasteiger charge is -2.00. The third kappa shape index (κ3) is 0.920. The highest BCUT2D eigenvalue weighted by atomic mass is 32.2. The number of nitrogens with zero attached hydrogens (tertiary/aromatic N) is 1. The van der Waals surface area contributed by atoms with Crippen molar-refractivity contribution in [2.75, 3.05) is 0 Å². The van der Waals surface area contributed by atoms with Gasteiger partial charge < -0.3 is 10.7 Å². The molecule has 0 radical (unpaired) electrons. The molecule has 1 aliphatic rings. The lowest BCUT2D eigenvalue weighted by Crippen LogP contribution is -2.17. The number of nitrogens with two attached hydrogens (primary N) is 1. The lowest BCUT2D eigenvalue weighted by molar-refractivity contribution is -0.117. The smallest absolute Gasteiger partial charge is 0.236 e. The molecule has 1 aromatic rings. The van der Waals surface area contributed by atoms with Gasteiger partial charge in [-0.05, 0) is 0 Å². The van der Waals surface area contributed by atoms with E-state index in [1.54, 1.807) is 6.33 Å². The fourth-order valence-corrected chi connectivity index (χ4v) is 2.23. The van der Waals surface area contributed by atoms with Gasteiger partial charge in [0.25, 0.3) is 0 Å². The molecule has 11 heavy (non-hydrogen) atoms. The van der Waals surface area contributed by atoms with Crippen molar-refractivity contribution in [3.8, 4) is 0 Å². The van der Waals surface area contributed by atoms with Crippen molar-refractivity contribution in [3.05, 3.63) is 17.7 Å². The molecule has 0 aromatic carbocycles. The number of H-pyrrole nitrogens is 1. The molecule has 0 spiro atoms. The fraction of sp³-hybridized carbons (Fsp3) is 0.333. The number of hydrogen-bond acceptors (Lipinski definition) is 3.